The number of H-pyrrole nitrogens is 2. The predicted molar refractivity (Wildman–Crippen MR) is 133 cm³/mol. The van der Waals surface area contributed by atoms with Crippen molar-refractivity contribution < 1.29 is 14.3 Å². The van der Waals surface area contributed by atoms with Crippen LogP contribution < -0.4 is 0 Å². The summed E-state index contributed by atoms with van der Waals surface area (Å²) in [6.45, 7) is 3.77. The third kappa shape index (κ3) is 3.77. The second kappa shape index (κ2) is 8.78. The van der Waals surface area contributed by atoms with Gasteiger partial charge in [0.1, 0.15) is 11.3 Å². The number of Topliss-reactive ketones (excluding diaryl/α,β-unsaturated/α-hetero) is 1. The number of hydrogen-bond donors (Lipinski definition) is 2. The minimum absolute atomic E-state index is 0.0790. The van der Waals surface area contributed by atoms with Gasteiger partial charge in [-0.2, -0.15) is 0 Å². The predicted octanol–water partition coefficient (Wildman–Crippen LogP) is 5.81. The average molecular weight is 450 g/mol. The first kappa shape index (κ1) is 21.3. The van der Waals surface area contributed by atoms with Crippen LogP contribution in [0.5, 0.6) is 0 Å². The quantitative estimate of drug-likeness (QED) is 0.262. The van der Waals surface area contributed by atoms with Crippen molar-refractivity contribution in [2.75, 3.05) is 6.61 Å². The molecular weight excluding hydrogens is 428 g/mol. The summed E-state index contributed by atoms with van der Waals surface area (Å²) in [5.74, 6) is -0.215. The lowest BCUT2D eigenvalue weighted by Gasteiger charge is -2.01. The highest BCUT2D eigenvalue weighted by molar-refractivity contribution is 6.17. The van der Waals surface area contributed by atoms with E-state index in [1.807, 2.05) is 54.6 Å². The topological polar surface area (TPSA) is 101 Å². The van der Waals surface area contributed by atoms with Crippen LogP contribution >= 0.6 is 0 Å². The van der Waals surface area contributed by atoms with Gasteiger partial charge in [-0.15, -0.1) is 0 Å². The van der Waals surface area contributed by atoms with Crippen molar-refractivity contribution in [3.05, 3.63) is 84.2 Å². The number of ketones is 1. The molecule has 6 aromatic rings. The van der Waals surface area contributed by atoms with Crippen LogP contribution in [0.25, 0.3) is 43.9 Å². The van der Waals surface area contributed by atoms with Gasteiger partial charge in [0.15, 0.2) is 5.78 Å². The van der Waals surface area contributed by atoms with Gasteiger partial charge >= 0.3 is 5.97 Å². The van der Waals surface area contributed by atoms with E-state index in [1.54, 1.807) is 32.3 Å². The van der Waals surface area contributed by atoms with Crippen LogP contribution in [0.4, 0.5) is 0 Å². The van der Waals surface area contributed by atoms with Crippen LogP contribution in [0.2, 0.25) is 0 Å². The second-order valence-electron chi connectivity index (χ2n) is 7.81. The molecule has 2 N–H and O–H groups in total. The number of aromatic nitrogens is 4. The molecule has 34 heavy (non-hydrogen) atoms. The maximum atomic E-state index is 11.7. The van der Waals surface area contributed by atoms with E-state index in [0.717, 1.165) is 49.4 Å². The third-order valence-corrected chi connectivity index (χ3v) is 5.66. The molecule has 0 spiro atoms. The Morgan fingerprint density at radius 1 is 0.824 bits per heavy atom. The Bertz CT molecular complexity index is 1680. The molecule has 168 valence electrons. The largest absolute Gasteiger partial charge is 0.462 e. The zero-order valence-corrected chi connectivity index (χ0v) is 18.8. The lowest BCUT2D eigenvalue weighted by molar-refractivity contribution is 0.0526. The van der Waals surface area contributed by atoms with Crippen molar-refractivity contribution in [2.24, 2.45) is 0 Å². The molecular formula is C27H22N4O3. The van der Waals surface area contributed by atoms with Crippen molar-refractivity contribution in [3.63, 3.8) is 0 Å². The number of nitrogens with zero attached hydrogens (tertiary/aromatic N) is 2. The number of carbonyl (C=O) groups excluding carboxylic acids is 2. The third-order valence-electron chi connectivity index (χ3n) is 5.66. The number of fused-ring (bicyclic) bond motifs is 6. The van der Waals surface area contributed by atoms with Crippen LogP contribution in [-0.4, -0.2) is 38.3 Å². The zero-order valence-electron chi connectivity index (χ0n) is 18.8. The molecule has 0 saturated heterocycles. The van der Waals surface area contributed by atoms with Crippen molar-refractivity contribution in [1.82, 2.24) is 19.9 Å². The van der Waals surface area contributed by atoms with E-state index < -0.39 is 0 Å². The summed E-state index contributed by atoms with van der Waals surface area (Å²) in [5, 5.41) is 3.98. The zero-order chi connectivity index (χ0) is 23.7. The van der Waals surface area contributed by atoms with Gasteiger partial charge in [-0.25, -0.2) is 14.8 Å². The Labute approximate surface area is 194 Å². The van der Waals surface area contributed by atoms with Gasteiger partial charge in [0.2, 0.25) is 0 Å². The fourth-order valence-corrected chi connectivity index (χ4v) is 4.14. The van der Waals surface area contributed by atoms with Crippen LogP contribution in [0.1, 0.15) is 34.6 Å². The molecule has 7 heteroatoms. The number of rotatable bonds is 3. The molecule has 0 atom stereocenters. The normalized spacial score (nSPS) is 11.0. The molecule has 2 aromatic carbocycles. The first-order valence-corrected chi connectivity index (χ1v) is 11.0. The molecule has 7 nitrogen and oxygen atoms in total. The first-order chi connectivity index (χ1) is 16.6. The number of aromatic amines is 2. The van der Waals surface area contributed by atoms with Gasteiger partial charge in [-0.05, 0) is 62.4 Å². The SMILES string of the molecule is CC(=O)c1cccc2[nH]c3ncccc3c12.CCOC(=O)c1ccc2[nH]c3ncccc3c2c1. The maximum absolute atomic E-state index is 11.7. The Kier molecular flexibility index (Phi) is 5.51. The summed E-state index contributed by atoms with van der Waals surface area (Å²) in [7, 11) is 0. The van der Waals surface area contributed by atoms with E-state index in [2.05, 4.69) is 19.9 Å². The summed E-state index contributed by atoms with van der Waals surface area (Å²) in [4.78, 5) is 38.2. The maximum Gasteiger partial charge on any atom is 0.338 e. The number of carbonyl (C=O) groups is 2. The van der Waals surface area contributed by atoms with E-state index in [9.17, 15) is 9.59 Å². The van der Waals surface area contributed by atoms with Crippen LogP contribution in [0.3, 0.4) is 0 Å². The van der Waals surface area contributed by atoms with Crippen molar-refractivity contribution in [1.29, 1.82) is 0 Å². The molecule has 0 bridgehead atoms. The minimum atomic E-state index is -0.294. The Morgan fingerprint density at radius 3 is 2.26 bits per heavy atom. The summed E-state index contributed by atoms with van der Waals surface area (Å²) >= 11 is 0. The van der Waals surface area contributed by atoms with Crippen LogP contribution in [0.15, 0.2) is 73.1 Å². The van der Waals surface area contributed by atoms with Gasteiger partial charge in [0, 0.05) is 50.5 Å². The molecule has 0 amide bonds. The summed E-state index contributed by atoms with van der Waals surface area (Å²) in [5.41, 5.74) is 4.89. The van der Waals surface area contributed by atoms with Gasteiger partial charge in [0.25, 0.3) is 0 Å². The Hall–Kier alpha value is -4.52. The fraction of sp³-hybridized carbons (Fsp3) is 0.111. The van der Waals surface area contributed by atoms with Gasteiger partial charge in [-0.3, -0.25) is 4.79 Å². The van der Waals surface area contributed by atoms with Crippen molar-refractivity contribution in [2.45, 2.75) is 13.8 Å². The summed E-state index contributed by atoms with van der Waals surface area (Å²) in [6.07, 6.45) is 3.48. The molecule has 6 rings (SSSR count). The van der Waals surface area contributed by atoms with Gasteiger partial charge in [0.05, 0.1) is 12.2 Å². The smallest absolute Gasteiger partial charge is 0.338 e. The van der Waals surface area contributed by atoms with E-state index in [-0.39, 0.29) is 11.8 Å². The molecule has 0 aliphatic heterocycles. The molecule has 0 unspecified atom stereocenters. The molecule has 0 aliphatic carbocycles. The number of nitrogens with one attached hydrogen (secondary N) is 2. The van der Waals surface area contributed by atoms with Crippen molar-refractivity contribution >= 4 is 55.6 Å². The number of hydrogen-bond acceptors (Lipinski definition) is 5. The van der Waals surface area contributed by atoms with Crippen molar-refractivity contribution in [3.8, 4) is 0 Å². The van der Waals surface area contributed by atoms with E-state index in [0.29, 0.717) is 12.2 Å². The number of ether oxygens (including phenoxy) is 1. The highest BCUT2D eigenvalue weighted by atomic mass is 16.5. The Balaban J connectivity index is 0.000000142. The second-order valence-corrected chi connectivity index (χ2v) is 7.81. The lowest BCUT2D eigenvalue weighted by Crippen LogP contribution is -2.03. The summed E-state index contributed by atoms with van der Waals surface area (Å²) < 4.78 is 5.00. The molecule has 0 aliphatic rings. The number of esters is 1. The van der Waals surface area contributed by atoms with Crippen LogP contribution in [-0.2, 0) is 4.74 Å². The first-order valence-electron chi connectivity index (χ1n) is 11.0. The van der Waals surface area contributed by atoms with E-state index >= 15 is 0 Å². The highest BCUT2D eigenvalue weighted by Gasteiger charge is 2.12. The Morgan fingerprint density at radius 2 is 1.53 bits per heavy atom. The van der Waals surface area contributed by atoms with Gasteiger partial charge < -0.3 is 14.7 Å². The molecule has 4 aromatic heterocycles. The molecule has 4 heterocycles. The lowest BCUT2D eigenvalue weighted by atomic mass is 10.0. The van der Waals surface area contributed by atoms with E-state index in [1.165, 1.54) is 0 Å². The average Bonchev–Trinajstić information content (AvgIpc) is 3.42. The monoisotopic (exact) mass is 450 g/mol. The van der Waals surface area contributed by atoms with Gasteiger partial charge in [-0.1, -0.05) is 12.1 Å². The van der Waals surface area contributed by atoms with E-state index in [4.69, 9.17) is 4.74 Å². The fourth-order valence-electron chi connectivity index (χ4n) is 4.14. The molecule has 0 saturated carbocycles. The standard InChI is InChI=1S/C14H12N2O2.C13H10N2O/c1-2-18-14(17)9-5-6-12-11(8-9)10-4-3-7-15-13(10)16-12;1-8(16)9-4-2-6-11-12(9)10-5-3-7-14-13(10)15-11/h3-8H,2H2,1H3,(H,15,16);2-7H,1H3,(H,14,15). The van der Waals surface area contributed by atoms with Crippen LogP contribution in [0, 0.1) is 0 Å². The molecule has 0 radical (unpaired) electrons. The number of pyridine rings is 2. The minimum Gasteiger partial charge on any atom is -0.462 e. The number of benzene rings is 2. The highest BCUT2D eigenvalue weighted by Crippen LogP contribution is 2.27. The molecule has 0 fully saturated rings. The summed E-state index contributed by atoms with van der Waals surface area (Å²) in [6, 6.07) is 18.9.